The van der Waals surface area contributed by atoms with Gasteiger partial charge in [-0.3, -0.25) is 0 Å². The third-order valence-corrected chi connectivity index (χ3v) is 2.69. The highest BCUT2D eigenvalue weighted by Crippen LogP contribution is 2.28. The van der Waals surface area contributed by atoms with Gasteiger partial charge in [-0.1, -0.05) is 0 Å². The molecule has 1 aromatic rings. The highest BCUT2D eigenvalue weighted by atomic mass is 19.1. The zero-order valence-corrected chi connectivity index (χ0v) is 10.4. The molecule has 100 valence electrons. The van der Waals surface area contributed by atoms with E-state index < -0.39 is 5.82 Å². The Morgan fingerprint density at radius 3 is 2.83 bits per heavy atom. The predicted octanol–water partition coefficient (Wildman–Crippen LogP) is 1.47. The van der Waals surface area contributed by atoms with Gasteiger partial charge in [-0.25, -0.2) is 9.40 Å². The molecule has 1 fully saturated rings. The number of nitrogen functional groups attached to an aromatic ring is 1. The number of hydrogen-bond acceptors (Lipinski definition) is 5. The lowest BCUT2D eigenvalue weighted by atomic mass is 10.2. The van der Waals surface area contributed by atoms with Gasteiger partial charge in [-0.15, -0.1) is 0 Å². The van der Waals surface area contributed by atoms with Crippen LogP contribution in [0.1, 0.15) is 6.92 Å². The first-order valence-electron chi connectivity index (χ1n) is 6.02. The van der Waals surface area contributed by atoms with Crippen molar-refractivity contribution in [3.8, 4) is 5.75 Å². The number of nitrogens with zero attached hydrogens (tertiary/aromatic N) is 1. The molecule has 0 bridgehead atoms. The van der Waals surface area contributed by atoms with Gasteiger partial charge in [0.2, 0.25) is 0 Å². The summed E-state index contributed by atoms with van der Waals surface area (Å²) in [6.07, 6.45) is 0. The molecule has 1 aliphatic heterocycles. The van der Waals surface area contributed by atoms with Crippen LogP contribution in [-0.4, -0.2) is 37.9 Å². The minimum Gasteiger partial charge on any atom is -0.491 e. The Morgan fingerprint density at radius 2 is 2.17 bits per heavy atom. The molecule has 1 heterocycles. The van der Waals surface area contributed by atoms with Crippen LogP contribution in [0.25, 0.3) is 0 Å². The monoisotopic (exact) mass is 255 g/mol. The Kier molecular flexibility index (Phi) is 4.22. The Bertz CT molecular complexity index is 409. The van der Waals surface area contributed by atoms with E-state index >= 15 is 0 Å². The van der Waals surface area contributed by atoms with Crippen molar-refractivity contribution in [3.63, 3.8) is 0 Å². The molecule has 6 heteroatoms. The SMILES string of the molecule is CCOc1cc(NN2CCOCC2)c(N)cc1F. The minimum atomic E-state index is -0.443. The molecular formula is C12H18FN3O2. The Labute approximate surface area is 106 Å². The summed E-state index contributed by atoms with van der Waals surface area (Å²) in [7, 11) is 0. The summed E-state index contributed by atoms with van der Waals surface area (Å²) < 4.78 is 24.0. The molecule has 0 aliphatic carbocycles. The maximum absolute atomic E-state index is 13.5. The van der Waals surface area contributed by atoms with Crippen molar-refractivity contribution in [2.45, 2.75) is 6.92 Å². The molecule has 0 aromatic heterocycles. The van der Waals surface area contributed by atoms with Gasteiger partial charge >= 0.3 is 0 Å². The van der Waals surface area contributed by atoms with E-state index in [-0.39, 0.29) is 5.75 Å². The van der Waals surface area contributed by atoms with Crippen LogP contribution in [0.3, 0.4) is 0 Å². The molecule has 0 spiro atoms. The van der Waals surface area contributed by atoms with E-state index in [2.05, 4.69) is 5.43 Å². The first-order chi connectivity index (χ1) is 8.70. The first kappa shape index (κ1) is 12.9. The van der Waals surface area contributed by atoms with E-state index in [9.17, 15) is 4.39 Å². The average molecular weight is 255 g/mol. The van der Waals surface area contributed by atoms with E-state index in [1.807, 2.05) is 11.9 Å². The fourth-order valence-electron chi connectivity index (χ4n) is 1.78. The van der Waals surface area contributed by atoms with E-state index in [1.165, 1.54) is 6.07 Å². The van der Waals surface area contributed by atoms with Gasteiger partial charge in [-0.2, -0.15) is 0 Å². The predicted molar refractivity (Wildman–Crippen MR) is 68.0 cm³/mol. The molecule has 0 saturated carbocycles. The number of halogens is 1. The Morgan fingerprint density at radius 1 is 1.44 bits per heavy atom. The lowest BCUT2D eigenvalue weighted by Crippen LogP contribution is -2.40. The molecule has 3 N–H and O–H groups in total. The van der Waals surface area contributed by atoms with E-state index in [4.69, 9.17) is 15.2 Å². The van der Waals surface area contributed by atoms with Crippen molar-refractivity contribution in [3.05, 3.63) is 17.9 Å². The van der Waals surface area contributed by atoms with E-state index in [0.717, 1.165) is 13.1 Å². The van der Waals surface area contributed by atoms with Gasteiger partial charge in [0.05, 0.1) is 31.2 Å². The first-order valence-corrected chi connectivity index (χ1v) is 6.02. The second-order valence-corrected chi connectivity index (χ2v) is 4.01. The standard InChI is InChI=1S/C12H18FN3O2/c1-2-18-12-8-11(10(14)7-9(12)13)15-16-3-5-17-6-4-16/h7-8,15H,2-6,14H2,1H3. The van der Waals surface area contributed by atoms with Crippen LogP contribution in [0.2, 0.25) is 0 Å². The molecule has 0 atom stereocenters. The topological polar surface area (TPSA) is 59.8 Å². The van der Waals surface area contributed by atoms with Gasteiger partial charge in [0.15, 0.2) is 11.6 Å². The maximum atomic E-state index is 13.5. The van der Waals surface area contributed by atoms with Crippen molar-refractivity contribution in [2.24, 2.45) is 0 Å². The molecule has 1 saturated heterocycles. The molecule has 2 rings (SSSR count). The number of hydrazine groups is 1. The molecule has 1 aliphatic rings. The summed E-state index contributed by atoms with van der Waals surface area (Å²) in [4.78, 5) is 0. The summed E-state index contributed by atoms with van der Waals surface area (Å²) in [5, 5.41) is 1.99. The Hall–Kier alpha value is -1.53. The lowest BCUT2D eigenvalue weighted by molar-refractivity contribution is 0.0497. The molecule has 0 radical (unpaired) electrons. The van der Waals surface area contributed by atoms with Crippen molar-refractivity contribution in [1.82, 2.24) is 5.01 Å². The summed E-state index contributed by atoms with van der Waals surface area (Å²) in [5.74, 6) is -0.232. The van der Waals surface area contributed by atoms with Crippen molar-refractivity contribution in [1.29, 1.82) is 0 Å². The molecule has 1 aromatic carbocycles. The smallest absolute Gasteiger partial charge is 0.167 e. The van der Waals surface area contributed by atoms with Gasteiger partial charge in [-0.05, 0) is 6.92 Å². The number of benzene rings is 1. The lowest BCUT2D eigenvalue weighted by Gasteiger charge is -2.28. The second-order valence-electron chi connectivity index (χ2n) is 4.01. The van der Waals surface area contributed by atoms with Crippen molar-refractivity contribution in [2.75, 3.05) is 44.1 Å². The highest BCUT2D eigenvalue weighted by Gasteiger charge is 2.14. The molecule has 18 heavy (non-hydrogen) atoms. The van der Waals surface area contributed by atoms with Gasteiger partial charge in [0.25, 0.3) is 0 Å². The zero-order valence-electron chi connectivity index (χ0n) is 10.4. The van der Waals surface area contributed by atoms with Crippen LogP contribution < -0.4 is 15.9 Å². The molecule has 0 unspecified atom stereocenters. The summed E-state index contributed by atoms with van der Waals surface area (Å²) in [5.41, 5.74) is 9.96. The average Bonchev–Trinajstić information content (AvgIpc) is 2.37. The zero-order chi connectivity index (χ0) is 13.0. The normalized spacial score (nSPS) is 16.6. The highest BCUT2D eigenvalue weighted by molar-refractivity contribution is 5.68. The number of morpholine rings is 1. The van der Waals surface area contributed by atoms with Crippen molar-refractivity contribution < 1.29 is 13.9 Å². The fraction of sp³-hybridized carbons (Fsp3) is 0.500. The number of nitrogens with two attached hydrogens (primary N) is 1. The van der Waals surface area contributed by atoms with Crippen LogP contribution in [-0.2, 0) is 4.74 Å². The van der Waals surface area contributed by atoms with E-state index in [0.29, 0.717) is 31.2 Å². The summed E-state index contributed by atoms with van der Waals surface area (Å²) in [6, 6.07) is 2.86. The van der Waals surface area contributed by atoms with Crippen LogP contribution in [0.15, 0.2) is 12.1 Å². The number of nitrogens with one attached hydrogen (secondary N) is 1. The summed E-state index contributed by atoms with van der Waals surface area (Å²) >= 11 is 0. The molecular weight excluding hydrogens is 237 g/mol. The summed E-state index contributed by atoms with van der Waals surface area (Å²) in [6.45, 7) is 5.10. The fourth-order valence-corrected chi connectivity index (χ4v) is 1.78. The Balaban J connectivity index is 2.12. The number of hydrogen-bond donors (Lipinski definition) is 2. The number of ether oxygens (including phenoxy) is 2. The van der Waals surface area contributed by atoms with Crippen molar-refractivity contribution >= 4 is 11.4 Å². The quantitative estimate of drug-likeness (QED) is 0.798. The van der Waals surface area contributed by atoms with Gasteiger partial charge < -0.3 is 20.6 Å². The van der Waals surface area contributed by atoms with Gasteiger partial charge in [0.1, 0.15) is 0 Å². The van der Waals surface area contributed by atoms with Gasteiger partial charge in [0, 0.05) is 25.2 Å². The van der Waals surface area contributed by atoms with Crippen LogP contribution in [0, 0.1) is 5.82 Å². The van der Waals surface area contributed by atoms with E-state index in [1.54, 1.807) is 6.07 Å². The number of rotatable bonds is 4. The third-order valence-electron chi connectivity index (χ3n) is 2.69. The maximum Gasteiger partial charge on any atom is 0.167 e. The van der Waals surface area contributed by atoms with Crippen LogP contribution in [0.4, 0.5) is 15.8 Å². The minimum absolute atomic E-state index is 0.211. The largest absolute Gasteiger partial charge is 0.491 e. The molecule has 5 nitrogen and oxygen atoms in total. The molecule has 0 amide bonds. The number of anilines is 2. The second kappa shape index (κ2) is 5.88. The van der Waals surface area contributed by atoms with Crippen LogP contribution >= 0.6 is 0 Å². The third kappa shape index (κ3) is 3.02. The van der Waals surface area contributed by atoms with Crippen LogP contribution in [0.5, 0.6) is 5.75 Å².